The van der Waals surface area contributed by atoms with Crippen LogP contribution in [0, 0.1) is 0 Å². The summed E-state index contributed by atoms with van der Waals surface area (Å²) in [6, 6.07) is 7.12. The van der Waals surface area contributed by atoms with Crippen LogP contribution in [0.2, 0.25) is 0 Å². The Balaban J connectivity index is 1.72. The van der Waals surface area contributed by atoms with E-state index in [1.54, 1.807) is 0 Å². The molecule has 0 amide bonds. The summed E-state index contributed by atoms with van der Waals surface area (Å²) in [5.74, 6) is 0. The fourth-order valence-electron chi connectivity index (χ4n) is 2.38. The zero-order valence-corrected chi connectivity index (χ0v) is 10.1. The van der Waals surface area contributed by atoms with E-state index in [1.807, 2.05) is 17.9 Å². The molecule has 1 aliphatic heterocycles. The Hall–Kier alpha value is -1.39. The Morgan fingerprint density at radius 3 is 3.29 bits per heavy atom. The summed E-state index contributed by atoms with van der Waals surface area (Å²) in [4.78, 5) is 4.38. The summed E-state index contributed by atoms with van der Waals surface area (Å²) in [5.41, 5.74) is 3.58. The van der Waals surface area contributed by atoms with Crippen LogP contribution in [0.3, 0.4) is 0 Å². The minimum Gasteiger partial charge on any atom is -0.334 e. The summed E-state index contributed by atoms with van der Waals surface area (Å²) >= 11 is 0. The Morgan fingerprint density at radius 1 is 1.53 bits per heavy atom. The van der Waals surface area contributed by atoms with Crippen molar-refractivity contribution in [1.82, 2.24) is 20.2 Å². The Kier molecular flexibility index (Phi) is 2.82. The smallest absolute Gasteiger partial charge is 0.0955 e. The molecule has 2 aromatic rings. The van der Waals surface area contributed by atoms with Crippen molar-refractivity contribution in [1.29, 1.82) is 0 Å². The van der Waals surface area contributed by atoms with E-state index in [4.69, 9.17) is 0 Å². The quantitative estimate of drug-likeness (QED) is 0.827. The highest BCUT2D eigenvalue weighted by molar-refractivity contribution is 5.75. The van der Waals surface area contributed by atoms with Gasteiger partial charge in [-0.05, 0) is 30.7 Å². The number of nitrogens with one attached hydrogen (secondary N) is 2. The van der Waals surface area contributed by atoms with Gasteiger partial charge in [-0.15, -0.1) is 0 Å². The van der Waals surface area contributed by atoms with Gasteiger partial charge in [-0.1, -0.05) is 6.07 Å². The lowest BCUT2D eigenvalue weighted by Crippen LogP contribution is -2.30. The van der Waals surface area contributed by atoms with Gasteiger partial charge in [0.1, 0.15) is 0 Å². The zero-order chi connectivity index (χ0) is 11.7. The molecule has 2 N–H and O–H groups in total. The third-order valence-electron chi connectivity index (χ3n) is 3.45. The first-order valence-corrected chi connectivity index (χ1v) is 6.17. The predicted molar refractivity (Wildman–Crippen MR) is 68.8 cm³/mol. The van der Waals surface area contributed by atoms with Crippen molar-refractivity contribution >= 4 is 11.0 Å². The molecule has 17 heavy (non-hydrogen) atoms. The summed E-state index contributed by atoms with van der Waals surface area (Å²) in [7, 11) is 2.03. The number of hydrogen-bond donors (Lipinski definition) is 2. The molecule has 0 aliphatic carbocycles. The molecule has 4 nitrogen and oxygen atoms in total. The maximum Gasteiger partial charge on any atom is 0.0955 e. The van der Waals surface area contributed by atoms with E-state index in [1.165, 1.54) is 17.5 Å². The second-order valence-electron chi connectivity index (χ2n) is 4.75. The lowest BCUT2D eigenvalue weighted by atomic mass is 10.2. The van der Waals surface area contributed by atoms with Crippen LogP contribution in [0.25, 0.3) is 11.0 Å². The highest BCUT2D eigenvalue weighted by Gasteiger charge is 2.13. The van der Waals surface area contributed by atoms with Crippen molar-refractivity contribution in [3.8, 4) is 0 Å². The molecule has 0 saturated carbocycles. The molecule has 0 radical (unpaired) electrons. The van der Waals surface area contributed by atoms with Gasteiger partial charge in [-0.2, -0.15) is 0 Å². The van der Waals surface area contributed by atoms with E-state index in [0.717, 1.165) is 25.2 Å². The standard InChI is InChI=1S/C13H18N4/c1-17-9-16-12-6-10(2-3-13(12)17)7-15-11-4-5-14-8-11/h2-3,6,9,11,14-15H,4-5,7-8H2,1H3. The molecule has 0 spiro atoms. The largest absolute Gasteiger partial charge is 0.334 e. The van der Waals surface area contributed by atoms with Crippen LogP contribution in [0.4, 0.5) is 0 Å². The number of benzene rings is 1. The summed E-state index contributed by atoms with van der Waals surface area (Å²) < 4.78 is 2.05. The van der Waals surface area contributed by atoms with Crippen molar-refractivity contribution in [2.75, 3.05) is 13.1 Å². The maximum absolute atomic E-state index is 4.38. The predicted octanol–water partition coefficient (Wildman–Crippen LogP) is 1.02. The van der Waals surface area contributed by atoms with Crippen molar-refractivity contribution in [2.45, 2.75) is 19.0 Å². The first kappa shape index (κ1) is 10.7. The number of aryl methyl sites for hydroxylation is 1. The van der Waals surface area contributed by atoms with E-state index in [2.05, 4.69) is 33.8 Å². The van der Waals surface area contributed by atoms with Crippen LogP contribution in [-0.4, -0.2) is 28.7 Å². The van der Waals surface area contributed by atoms with E-state index in [9.17, 15) is 0 Å². The number of rotatable bonds is 3. The minimum atomic E-state index is 0.620. The molecule has 1 fully saturated rings. The highest BCUT2D eigenvalue weighted by Crippen LogP contribution is 2.14. The number of nitrogens with zero attached hydrogens (tertiary/aromatic N) is 2. The highest BCUT2D eigenvalue weighted by atomic mass is 15.0. The molecule has 2 heterocycles. The van der Waals surface area contributed by atoms with Crippen LogP contribution in [0.5, 0.6) is 0 Å². The van der Waals surface area contributed by atoms with Crippen molar-refractivity contribution < 1.29 is 0 Å². The number of hydrogen-bond acceptors (Lipinski definition) is 3. The molecular formula is C13H18N4. The van der Waals surface area contributed by atoms with Gasteiger partial charge in [0.05, 0.1) is 17.4 Å². The molecule has 1 unspecified atom stereocenters. The number of imidazole rings is 1. The summed E-state index contributed by atoms with van der Waals surface area (Å²) in [5, 5.41) is 6.94. The topological polar surface area (TPSA) is 41.9 Å². The molecule has 4 heteroatoms. The van der Waals surface area contributed by atoms with Crippen LogP contribution in [0.15, 0.2) is 24.5 Å². The van der Waals surface area contributed by atoms with Gasteiger partial charge >= 0.3 is 0 Å². The monoisotopic (exact) mass is 230 g/mol. The van der Waals surface area contributed by atoms with Crippen LogP contribution in [0.1, 0.15) is 12.0 Å². The SMILES string of the molecule is Cn1cnc2cc(CNC3CCNC3)ccc21. The fourth-order valence-corrected chi connectivity index (χ4v) is 2.38. The van der Waals surface area contributed by atoms with Crippen molar-refractivity contribution in [3.05, 3.63) is 30.1 Å². The summed E-state index contributed by atoms with van der Waals surface area (Å²) in [6.07, 6.45) is 3.09. The lowest BCUT2D eigenvalue weighted by Gasteiger charge is -2.11. The number of aromatic nitrogens is 2. The first-order valence-electron chi connectivity index (χ1n) is 6.17. The molecule has 1 aromatic heterocycles. The maximum atomic E-state index is 4.38. The van der Waals surface area contributed by atoms with Gasteiger partial charge in [0, 0.05) is 26.2 Å². The molecule has 3 rings (SSSR count). The molecule has 1 aliphatic rings. The normalized spacial score (nSPS) is 20.2. The lowest BCUT2D eigenvalue weighted by molar-refractivity contribution is 0.547. The third kappa shape index (κ3) is 2.18. The molecule has 90 valence electrons. The van der Waals surface area contributed by atoms with Gasteiger partial charge < -0.3 is 15.2 Å². The number of fused-ring (bicyclic) bond motifs is 1. The van der Waals surface area contributed by atoms with E-state index in [-0.39, 0.29) is 0 Å². The Bertz CT molecular complexity index is 511. The van der Waals surface area contributed by atoms with Gasteiger partial charge in [0.15, 0.2) is 0 Å². The second kappa shape index (κ2) is 4.47. The average Bonchev–Trinajstić information content (AvgIpc) is 2.97. The van der Waals surface area contributed by atoms with E-state index >= 15 is 0 Å². The van der Waals surface area contributed by atoms with Gasteiger partial charge in [-0.25, -0.2) is 4.98 Å². The third-order valence-corrected chi connectivity index (χ3v) is 3.45. The fraction of sp³-hybridized carbons (Fsp3) is 0.462. The summed E-state index contributed by atoms with van der Waals surface area (Å²) in [6.45, 7) is 3.15. The average molecular weight is 230 g/mol. The first-order chi connectivity index (χ1) is 8.33. The molecular weight excluding hydrogens is 212 g/mol. The molecule has 1 atom stereocenters. The van der Waals surface area contributed by atoms with E-state index < -0.39 is 0 Å². The molecule has 0 bridgehead atoms. The van der Waals surface area contributed by atoms with Gasteiger partial charge in [0.25, 0.3) is 0 Å². The van der Waals surface area contributed by atoms with Crippen molar-refractivity contribution in [2.24, 2.45) is 7.05 Å². The Morgan fingerprint density at radius 2 is 2.47 bits per heavy atom. The zero-order valence-electron chi connectivity index (χ0n) is 10.1. The molecule has 1 saturated heterocycles. The minimum absolute atomic E-state index is 0.620. The Labute approximate surface area is 101 Å². The van der Waals surface area contributed by atoms with Crippen LogP contribution < -0.4 is 10.6 Å². The van der Waals surface area contributed by atoms with Crippen LogP contribution in [-0.2, 0) is 13.6 Å². The van der Waals surface area contributed by atoms with Crippen LogP contribution >= 0.6 is 0 Å². The van der Waals surface area contributed by atoms with Crippen molar-refractivity contribution in [3.63, 3.8) is 0 Å². The van der Waals surface area contributed by atoms with Gasteiger partial charge in [-0.3, -0.25) is 0 Å². The molecule has 1 aromatic carbocycles. The van der Waals surface area contributed by atoms with E-state index in [0.29, 0.717) is 6.04 Å². The van der Waals surface area contributed by atoms with Gasteiger partial charge in [0.2, 0.25) is 0 Å². The second-order valence-corrected chi connectivity index (χ2v) is 4.75.